The molecule has 5 nitrogen and oxygen atoms in total. The van der Waals surface area contributed by atoms with Gasteiger partial charge in [0.15, 0.2) is 0 Å². The van der Waals surface area contributed by atoms with Gasteiger partial charge in [0.2, 0.25) is 5.91 Å². The summed E-state index contributed by atoms with van der Waals surface area (Å²) in [6.07, 6.45) is 5.78. The highest BCUT2D eigenvalue weighted by Crippen LogP contribution is 2.27. The molecule has 0 bridgehead atoms. The predicted molar refractivity (Wildman–Crippen MR) is 95.4 cm³/mol. The van der Waals surface area contributed by atoms with E-state index in [1.807, 2.05) is 24.3 Å². The molecule has 0 spiro atoms. The van der Waals surface area contributed by atoms with Crippen LogP contribution in [0.3, 0.4) is 0 Å². The van der Waals surface area contributed by atoms with Crippen LogP contribution in [0.1, 0.15) is 24.8 Å². The lowest BCUT2D eigenvalue weighted by atomic mass is 9.85. The van der Waals surface area contributed by atoms with Gasteiger partial charge in [0, 0.05) is 12.5 Å². The summed E-state index contributed by atoms with van der Waals surface area (Å²) in [5, 5.41) is 6.22. The van der Waals surface area contributed by atoms with E-state index in [1.165, 1.54) is 5.56 Å². The van der Waals surface area contributed by atoms with Crippen LogP contribution in [-0.2, 0) is 11.2 Å². The standard InChI is InChI=1S/C19H23N3O2/c1-24-17-8-5-14(6-9-17)11-12-20-18-10-7-16(13-21-18)22-19(23)15-3-2-4-15/h5-10,13,15H,2-4,11-12H2,1H3,(H,20,21)(H,22,23). The van der Waals surface area contributed by atoms with Crippen molar-refractivity contribution in [2.24, 2.45) is 5.92 Å². The van der Waals surface area contributed by atoms with Gasteiger partial charge in [0.05, 0.1) is 19.0 Å². The van der Waals surface area contributed by atoms with E-state index < -0.39 is 0 Å². The molecule has 0 unspecified atom stereocenters. The van der Waals surface area contributed by atoms with Gasteiger partial charge in [0.25, 0.3) is 0 Å². The molecule has 1 aliphatic rings. The van der Waals surface area contributed by atoms with Gasteiger partial charge in [-0.15, -0.1) is 0 Å². The van der Waals surface area contributed by atoms with Crippen LogP contribution in [0.4, 0.5) is 11.5 Å². The number of anilines is 2. The second-order valence-electron chi connectivity index (χ2n) is 6.07. The third kappa shape index (κ3) is 4.25. The molecular formula is C19H23N3O2. The summed E-state index contributed by atoms with van der Waals surface area (Å²) in [5.41, 5.74) is 2.00. The molecule has 1 saturated carbocycles. The van der Waals surface area contributed by atoms with Crippen molar-refractivity contribution in [2.45, 2.75) is 25.7 Å². The first-order valence-electron chi connectivity index (χ1n) is 8.38. The highest BCUT2D eigenvalue weighted by atomic mass is 16.5. The summed E-state index contributed by atoms with van der Waals surface area (Å²) in [6.45, 7) is 0.799. The highest BCUT2D eigenvalue weighted by Gasteiger charge is 2.25. The summed E-state index contributed by atoms with van der Waals surface area (Å²) in [7, 11) is 1.67. The maximum atomic E-state index is 11.9. The monoisotopic (exact) mass is 325 g/mol. The van der Waals surface area contributed by atoms with Crippen molar-refractivity contribution in [3.8, 4) is 5.75 Å². The molecule has 2 N–H and O–H groups in total. The van der Waals surface area contributed by atoms with Gasteiger partial charge in [-0.3, -0.25) is 4.79 Å². The zero-order chi connectivity index (χ0) is 16.8. The van der Waals surface area contributed by atoms with Gasteiger partial charge in [0.1, 0.15) is 11.6 Å². The summed E-state index contributed by atoms with van der Waals surface area (Å²) in [5.74, 6) is 1.98. The fraction of sp³-hybridized carbons (Fsp3) is 0.368. The molecule has 1 aromatic carbocycles. The van der Waals surface area contributed by atoms with Crippen LogP contribution in [-0.4, -0.2) is 24.5 Å². The van der Waals surface area contributed by atoms with Crippen molar-refractivity contribution in [3.05, 3.63) is 48.2 Å². The summed E-state index contributed by atoms with van der Waals surface area (Å²) in [6, 6.07) is 11.8. The quantitative estimate of drug-likeness (QED) is 0.818. The minimum Gasteiger partial charge on any atom is -0.497 e. The van der Waals surface area contributed by atoms with Crippen molar-refractivity contribution >= 4 is 17.4 Å². The summed E-state index contributed by atoms with van der Waals surface area (Å²) >= 11 is 0. The lowest BCUT2D eigenvalue weighted by molar-refractivity contribution is -0.122. The first kappa shape index (κ1) is 16.3. The van der Waals surface area contributed by atoms with Crippen LogP contribution in [0.25, 0.3) is 0 Å². The van der Waals surface area contributed by atoms with Crippen molar-refractivity contribution in [1.82, 2.24) is 4.98 Å². The summed E-state index contributed by atoms with van der Waals surface area (Å²) in [4.78, 5) is 16.2. The molecule has 1 fully saturated rings. The number of methoxy groups -OCH3 is 1. The van der Waals surface area contributed by atoms with Gasteiger partial charge in [-0.25, -0.2) is 4.98 Å². The maximum absolute atomic E-state index is 11.9. The number of nitrogens with one attached hydrogen (secondary N) is 2. The highest BCUT2D eigenvalue weighted by molar-refractivity contribution is 5.92. The molecule has 2 aromatic rings. The third-order valence-electron chi connectivity index (χ3n) is 4.39. The minimum atomic E-state index is 0.114. The molecule has 0 aliphatic heterocycles. The molecule has 5 heteroatoms. The molecule has 24 heavy (non-hydrogen) atoms. The molecule has 0 atom stereocenters. The van der Waals surface area contributed by atoms with E-state index >= 15 is 0 Å². The Morgan fingerprint density at radius 2 is 2.00 bits per heavy atom. The SMILES string of the molecule is COc1ccc(CCNc2ccc(NC(=O)C3CCC3)cn2)cc1. The largest absolute Gasteiger partial charge is 0.497 e. The Morgan fingerprint density at radius 3 is 2.58 bits per heavy atom. The number of nitrogens with zero attached hydrogens (tertiary/aromatic N) is 1. The first-order chi connectivity index (χ1) is 11.7. The number of hydrogen-bond acceptors (Lipinski definition) is 4. The van der Waals surface area contributed by atoms with Gasteiger partial charge >= 0.3 is 0 Å². The first-order valence-corrected chi connectivity index (χ1v) is 8.38. The van der Waals surface area contributed by atoms with Crippen LogP contribution >= 0.6 is 0 Å². The Bertz CT molecular complexity index is 664. The van der Waals surface area contributed by atoms with Gasteiger partial charge in [-0.2, -0.15) is 0 Å². The fourth-order valence-electron chi connectivity index (χ4n) is 2.61. The number of ether oxygens (including phenoxy) is 1. The lowest BCUT2D eigenvalue weighted by Gasteiger charge is -2.23. The van der Waals surface area contributed by atoms with E-state index in [1.54, 1.807) is 13.3 Å². The van der Waals surface area contributed by atoms with E-state index in [2.05, 4.69) is 27.8 Å². The van der Waals surface area contributed by atoms with E-state index in [0.29, 0.717) is 0 Å². The number of carbonyl (C=O) groups excluding carboxylic acids is 1. The maximum Gasteiger partial charge on any atom is 0.227 e. The molecule has 1 amide bonds. The summed E-state index contributed by atoms with van der Waals surface area (Å²) < 4.78 is 5.15. The number of aromatic nitrogens is 1. The van der Waals surface area contributed by atoms with Gasteiger partial charge in [-0.1, -0.05) is 18.6 Å². The van der Waals surface area contributed by atoms with Crippen molar-refractivity contribution < 1.29 is 9.53 Å². The Morgan fingerprint density at radius 1 is 1.21 bits per heavy atom. The van der Waals surface area contributed by atoms with Crippen LogP contribution in [0.2, 0.25) is 0 Å². The molecular weight excluding hydrogens is 302 g/mol. The van der Waals surface area contributed by atoms with Crippen LogP contribution < -0.4 is 15.4 Å². The van der Waals surface area contributed by atoms with Crippen LogP contribution in [0, 0.1) is 5.92 Å². The van der Waals surface area contributed by atoms with Crippen LogP contribution in [0.15, 0.2) is 42.6 Å². The lowest BCUT2D eigenvalue weighted by Crippen LogP contribution is -2.28. The van der Waals surface area contributed by atoms with E-state index in [9.17, 15) is 4.79 Å². The Labute approximate surface area is 142 Å². The zero-order valence-electron chi connectivity index (χ0n) is 13.9. The molecule has 1 heterocycles. The van der Waals surface area contributed by atoms with E-state index in [4.69, 9.17) is 4.74 Å². The fourth-order valence-corrected chi connectivity index (χ4v) is 2.61. The number of carbonyl (C=O) groups is 1. The molecule has 3 rings (SSSR count). The van der Waals surface area contributed by atoms with Crippen molar-refractivity contribution in [1.29, 1.82) is 0 Å². The average molecular weight is 325 g/mol. The topological polar surface area (TPSA) is 63.2 Å². The smallest absolute Gasteiger partial charge is 0.227 e. The normalized spacial score (nSPS) is 13.9. The number of benzene rings is 1. The Kier molecular flexibility index (Phi) is 5.31. The Balaban J connectivity index is 1.44. The second-order valence-corrected chi connectivity index (χ2v) is 6.07. The number of rotatable bonds is 7. The number of hydrogen-bond donors (Lipinski definition) is 2. The molecule has 126 valence electrons. The molecule has 0 radical (unpaired) electrons. The molecule has 1 aliphatic carbocycles. The van der Waals surface area contributed by atoms with Gasteiger partial charge in [-0.05, 0) is 49.1 Å². The third-order valence-corrected chi connectivity index (χ3v) is 4.39. The number of pyridine rings is 1. The predicted octanol–water partition coefficient (Wildman–Crippen LogP) is 3.48. The molecule has 1 aromatic heterocycles. The average Bonchev–Trinajstić information content (AvgIpc) is 2.55. The van der Waals surface area contributed by atoms with E-state index in [0.717, 1.165) is 49.5 Å². The zero-order valence-corrected chi connectivity index (χ0v) is 13.9. The van der Waals surface area contributed by atoms with Crippen molar-refractivity contribution in [3.63, 3.8) is 0 Å². The number of amides is 1. The van der Waals surface area contributed by atoms with Crippen molar-refractivity contribution in [2.75, 3.05) is 24.3 Å². The minimum absolute atomic E-state index is 0.114. The van der Waals surface area contributed by atoms with E-state index in [-0.39, 0.29) is 11.8 Å². The molecule has 0 saturated heterocycles. The van der Waals surface area contributed by atoms with Crippen LogP contribution in [0.5, 0.6) is 5.75 Å². The van der Waals surface area contributed by atoms with Gasteiger partial charge < -0.3 is 15.4 Å². The Hall–Kier alpha value is -2.56. The second kappa shape index (κ2) is 7.81.